The van der Waals surface area contributed by atoms with Crippen molar-refractivity contribution in [3.63, 3.8) is 0 Å². The first kappa shape index (κ1) is 18.5. The first-order chi connectivity index (χ1) is 12.5. The van der Waals surface area contributed by atoms with Gasteiger partial charge in [-0.3, -0.25) is 4.79 Å². The van der Waals surface area contributed by atoms with Gasteiger partial charge in [0.05, 0.1) is 16.1 Å². The maximum atomic E-state index is 11.9. The van der Waals surface area contributed by atoms with Crippen molar-refractivity contribution < 1.29 is 9.90 Å². The molecule has 0 radical (unpaired) electrons. The number of nitrogens with zero attached hydrogens (tertiary/aromatic N) is 2. The van der Waals surface area contributed by atoms with E-state index in [9.17, 15) is 19.7 Å². The Bertz CT molecular complexity index is 915. The summed E-state index contributed by atoms with van der Waals surface area (Å²) in [5.74, 6) is -1.04. The number of amides is 1. The number of carbonyl (C=O) groups excluding carboxylic acids is 1. The molecule has 0 saturated heterocycles. The Labute approximate surface area is 161 Å². The monoisotopic (exact) mass is 435 g/mol. The average Bonchev–Trinajstić information content (AvgIpc) is 3.46. The number of phenols is 1. The van der Waals surface area contributed by atoms with E-state index in [4.69, 9.17) is 0 Å². The van der Waals surface area contributed by atoms with Crippen molar-refractivity contribution in [1.82, 2.24) is 0 Å². The SMILES string of the molecule is Cc1c(C2CC2)cc(NSc2cc(Br)ccc2N=O)c(O)c1C(=O)N=O. The third kappa shape index (κ3) is 3.63. The van der Waals surface area contributed by atoms with Crippen LogP contribution in [-0.4, -0.2) is 11.0 Å². The van der Waals surface area contributed by atoms with E-state index in [1.807, 2.05) is 0 Å². The zero-order valence-electron chi connectivity index (χ0n) is 13.7. The summed E-state index contributed by atoms with van der Waals surface area (Å²) < 4.78 is 3.72. The van der Waals surface area contributed by atoms with Gasteiger partial charge >= 0.3 is 5.91 Å². The molecule has 2 N–H and O–H groups in total. The van der Waals surface area contributed by atoms with Crippen molar-refractivity contribution >= 4 is 45.2 Å². The van der Waals surface area contributed by atoms with Gasteiger partial charge in [-0.05, 0) is 78.2 Å². The summed E-state index contributed by atoms with van der Waals surface area (Å²) in [4.78, 5) is 34.1. The molecule has 0 spiro atoms. The standard InChI is InChI=1S/C17H14BrN3O4S/c1-8-11(9-2-3-9)7-13(16(22)15(8)17(23)20-25)21-26-14-6-10(18)4-5-12(14)19-24/h4-7,9,21-22H,2-3H2,1H3. The van der Waals surface area contributed by atoms with Gasteiger partial charge in [-0.2, -0.15) is 0 Å². The number of nitroso groups, excluding NO2 is 2. The highest BCUT2D eigenvalue weighted by Crippen LogP contribution is 2.47. The maximum Gasteiger partial charge on any atom is 0.320 e. The minimum absolute atomic E-state index is 0.0875. The largest absolute Gasteiger partial charge is 0.505 e. The second-order valence-electron chi connectivity index (χ2n) is 5.94. The summed E-state index contributed by atoms with van der Waals surface area (Å²) in [6.45, 7) is 1.70. The summed E-state index contributed by atoms with van der Waals surface area (Å²) >= 11 is 4.40. The molecule has 1 saturated carbocycles. The van der Waals surface area contributed by atoms with E-state index >= 15 is 0 Å². The minimum Gasteiger partial charge on any atom is -0.505 e. The number of rotatable bonds is 6. The van der Waals surface area contributed by atoms with E-state index in [1.165, 1.54) is 0 Å². The predicted molar refractivity (Wildman–Crippen MR) is 104 cm³/mol. The Morgan fingerprint density at radius 3 is 2.65 bits per heavy atom. The predicted octanol–water partition coefficient (Wildman–Crippen LogP) is 5.76. The van der Waals surface area contributed by atoms with Gasteiger partial charge in [-0.15, -0.1) is 9.81 Å². The van der Waals surface area contributed by atoms with E-state index in [0.29, 0.717) is 16.4 Å². The minimum atomic E-state index is -1.01. The quantitative estimate of drug-likeness (QED) is 0.338. The van der Waals surface area contributed by atoms with E-state index < -0.39 is 5.91 Å². The van der Waals surface area contributed by atoms with Crippen molar-refractivity contribution in [2.75, 3.05) is 4.72 Å². The number of anilines is 1. The normalized spacial score (nSPS) is 13.3. The number of hydrogen-bond donors (Lipinski definition) is 2. The van der Waals surface area contributed by atoms with Gasteiger partial charge in [0, 0.05) is 9.65 Å². The van der Waals surface area contributed by atoms with Gasteiger partial charge < -0.3 is 9.83 Å². The summed E-state index contributed by atoms with van der Waals surface area (Å²) in [6.07, 6.45) is 1.98. The van der Waals surface area contributed by atoms with Crippen LogP contribution in [-0.2, 0) is 0 Å². The molecule has 7 nitrogen and oxygen atoms in total. The molecular weight excluding hydrogens is 422 g/mol. The van der Waals surface area contributed by atoms with Crippen molar-refractivity contribution in [1.29, 1.82) is 0 Å². The molecule has 0 unspecified atom stereocenters. The second-order valence-corrected chi connectivity index (χ2v) is 7.70. The van der Waals surface area contributed by atoms with Gasteiger partial charge in [0.1, 0.15) is 5.69 Å². The zero-order chi connectivity index (χ0) is 18.8. The van der Waals surface area contributed by atoms with E-state index in [0.717, 1.165) is 34.8 Å². The maximum absolute atomic E-state index is 11.9. The Kier molecular flexibility index (Phi) is 5.38. The Morgan fingerprint density at radius 1 is 1.31 bits per heavy atom. The summed E-state index contributed by atoms with van der Waals surface area (Å²) in [5.41, 5.74) is 1.91. The zero-order valence-corrected chi connectivity index (χ0v) is 16.1. The van der Waals surface area contributed by atoms with Gasteiger partial charge in [-0.25, -0.2) is 0 Å². The molecule has 0 atom stereocenters. The lowest BCUT2D eigenvalue weighted by atomic mass is 9.96. The number of nitrogens with one attached hydrogen (secondary N) is 1. The highest BCUT2D eigenvalue weighted by molar-refractivity contribution is 9.10. The van der Waals surface area contributed by atoms with Gasteiger partial charge in [0.25, 0.3) is 0 Å². The Hall–Kier alpha value is -2.26. The molecule has 2 aromatic carbocycles. The molecule has 0 bridgehead atoms. The van der Waals surface area contributed by atoms with Gasteiger partial charge in [0.15, 0.2) is 5.75 Å². The lowest BCUT2D eigenvalue weighted by molar-refractivity contribution is 0.0997. The van der Waals surface area contributed by atoms with Crippen LogP contribution in [0.25, 0.3) is 0 Å². The van der Waals surface area contributed by atoms with E-state index in [1.54, 1.807) is 31.2 Å². The molecule has 0 aliphatic heterocycles. The van der Waals surface area contributed by atoms with Gasteiger partial charge in [0.2, 0.25) is 0 Å². The molecule has 2 aromatic rings. The van der Waals surface area contributed by atoms with Crippen LogP contribution in [0.15, 0.2) is 44.0 Å². The third-order valence-electron chi connectivity index (χ3n) is 4.20. The molecule has 0 aromatic heterocycles. The number of benzene rings is 2. The molecule has 3 rings (SSSR count). The molecule has 1 aliphatic rings. The van der Waals surface area contributed by atoms with Gasteiger partial charge in [-0.1, -0.05) is 15.9 Å². The van der Waals surface area contributed by atoms with E-state index in [-0.39, 0.29) is 22.7 Å². The number of halogens is 1. The number of carbonyl (C=O) groups is 1. The van der Waals surface area contributed by atoms with Crippen LogP contribution in [0.4, 0.5) is 11.4 Å². The first-order valence-electron chi connectivity index (χ1n) is 7.76. The molecule has 134 valence electrons. The smallest absolute Gasteiger partial charge is 0.320 e. The molecule has 9 heteroatoms. The van der Waals surface area contributed by atoms with Crippen LogP contribution in [0.5, 0.6) is 5.75 Å². The lowest BCUT2D eigenvalue weighted by Gasteiger charge is -2.16. The molecule has 26 heavy (non-hydrogen) atoms. The Balaban J connectivity index is 1.98. The van der Waals surface area contributed by atoms with Crippen LogP contribution in [0.2, 0.25) is 0 Å². The summed E-state index contributed by atoms with van der Waals surface area (Å²) in [6, 6.07) is 6.74. The van der Waals surface area contributed by atoms with Crippen LogP contribution in [0, 0.1) is 16.7 Å². The lowest BCUT2D eigenvalue weighted by Crippen LogP contribution is -2.04. The number of hydrogen-bond acceptors (Lipinski definition) is 7. The second kappa shape index (κ2) is 7.55. The number of aromatic hydroxyl groups is 1. The fourth-order valence-electron chi connectivity index (χ4n) is 2.75. The average molecular weight is 436 g/mol. The van der Waals surface area contributed by atoms with Crippen LogP contribution >= 0.6 is 27.9 Å². The fraction of sp³-hybridized carbons (Fsp3) is 0.235. The summed E-state index contributed by atoms with van der Waals surface area (Å²) in [5, 5.41) is 15.9. The molecular formula is C17H14BrN3O4S. The highest BCUT2D eigenvalue weighted by atomic mass is 79.9. The summed E-state index contributed by atoms with van der Waals surface area (Å²) in [7, 11) is 0. The van der Waals surface area contributed by atoms with Crippen molar-refractivity contribution in [2.24, 2.45) is 10.4 Å². The van der Waals surface area contributed by atoms with Crippen LogP contribution in [0.1, 0.15) is 40.2 Å². The van der Waals surface area contributed by atoms with Crippen LogP contribution < -0.4 is 4.72 Å². The number of phenolic OH excluding ortho intramolecular Hbond substituents is 1. The topological polar surface area (TPSA) is 108 Å². The van der Waals surface area contributed by atoms with Crippen LogP contribution in [0.3, 0.4) is 0 Å². The molecule has 0 heterocycles. The van der Waals surface area contributed by atoms with E-state index in [2.05, 4.69) is 31.0 Å². The first-order valence-corrected chi connectivity index (χ1v) is 9.37. The molecule has 1 amide bonds. The van der Waals surface area contributed by atoms with Crippen molar-refractivity contribution in [3.05, 3.63) is 55.2 Å². The van der Waals surface area contributed by atoms with Crippen molar-refractivity contribution in [3.8, 4) is 5.75 Å². The highest BCUT2D eigenvalue weighted by Gasteiger charge is 2.30. The fourth-order valence-corrected chi connectivity index (χ4v) is 4.03. The molecule has 1 aliphatic carbocycles. The van der Waals surface area contributed by atoms with Crippen molar-refractivity contribution in [2.45, 2.75) is 30.6 Å². The third-order valence-corrected chi connectivity index (χ3v) is 5.57. The molecule has 1 fully saturated rings. The Morgan fingerprint density at radius 2 is 2.04 bits per heavy atom.